The molecule has 3 rings (SSSR count). The Balaban J connectivity index is 2.05. The Bertz CT molecular complexity index is 573. The predicted molar refractivity (Wildman–Crippen MR) is 80.8 cm³/mol. The summed E-state index contributed by atoms with van der Waals surface area (Å²) in [5.74, 6) is 2.26. The van der Waals surface area contributed by atoms with Gasteiger partial charge in [-0.25, -0.2) is 9.97 Å². The topological polar surface area (TPSA) is 30.2 Å². The molecule has 2 heterocycles. The second-order valence-corrected chi connectivity index (χ2v) is 6.29. The zero-order chi connectivity index (χ0) is 12.7. The fourth-order valence-electron chi connectivity index (χ4n) is 2.69. The van der Waals surface area contributed by atoms with Crippen LogP contribution in [0.15, 0.2) is 12.4 Å². The number of aromatic nitrogens is 3. The standard InChI is InChI=1S/C13H14ClIN3/c1-8-2-4-9(5-3-8)13-17-12(15)10-11(14)16-6-7-18(10)13/h6-9H,1-5H2/t8-,9-. The number of hydrogen-bond donors (Lipinski definition) is 0. The summed E-state index contributed by atoms with van der Waals surface area (Å²) < 4.78 is 3.04. The van der Waals surface area contributed by atoms with E-state index in [0.717, 1.165) is 15.0 Å². The van der Waals surface area contributed by atoms with Gasteiger partial charge in [-0.1, -0.05) is 18.5 Å². The lowest BCUT2D eigenvalue weighted by atomic mass is 9.82. The number of nitrogens with zero attached hydrogens (tertiary/aromatic N) is 3. The molecule has 18 heavy (non-hydrogen) atoms. The molecule has 0 amide bonds. The summed E-state index contributed by atoms with van der Waals surface area (Å²) in [5, 5.41) is 0.534. The third-order valence-electron chi connectivity index (χ3n) is 3.71. The van der Waals surface area contributed by atoms with E-state index in [1.54, 1.807) is 6.20 Å². The smallest absolute Gasteiger partial charge is 0.155 e. The highest BCUT2D eigenvalue weighted by molar-refractivity contribution is 14.1. The molecule has 1 saturated carbocycles. The molecule has 0 unspecified atom stereocenters. The molecule has 1 fully saturated rings. The molecular weight excluding hydrogens is 361 g/mol. The van der Waals surface area contributed by atoms with Crippen molar-refractivity contribution in [2.45, 2.75) is 31.6 Å². The van der Waals surface area contributed by atoms with Crippen molar-refractivity contribution >= 4 is 39.7 Å². The van der Waals surface area contributed by atoms with Gasteiger partial charge >= 0.3 is 0 Å². The normalized spacial score (nSPS) is 24.6. The number of fused-ring (bicyclic) bond motifs is 1. The Hall–Kier alpha value is -0.360. The molecule has 2 aromatic heterocycles. The van der Waals surface area contributed by atoms with E-state index in [1.807, 2.05) is 6.20 Å². The predicted octanol–water partition coefficient (Wildman–Crippen LogP) is 4.10. The molecular formula is C13H14ClIN3. The summed E-state index contributed by atoms with van der Waals surface area (Å²) in [6, 6.07) is 0. The second-order valence-electron chi connectivity index (χ2n) is 4.92. The van der Waals surface area contributed by atoms with Crippen molar-refractivity contribution in [2.24, 2.45) is 5.92 Å². The maximum atomic E-state index is 6.15. The fraction of sp³-hybridized carbons (Fsp3) is 0.462. The average Bonchev–Trinajstić information content (AvgIpc) is 2.69. The van der Waals surface area contributed by atoms with Gasteiger partial charge in [0.05, 0.1) is 0 Å². The molecule has 95 valence electrons. The largest absolute Gasteiger partial charge is 0.298 e. The number of rotatable bonds is 1. The Labute approximate surface area is 125 Å². The first kappa shape index (κ1) is 12.7. The van der Waals surface area contributed by atoms with Crippen LogP contribution in [-0.4, -0.2) is 14.4 Å². The molecule has 0 saturated heterocycles. The van der Waals surface area contributed by atoms with Crippen molar-refractivity contribution in [3.05, 3.63) is 34.0 Å². The van der Waals surface area contributed by atoms with Crippen molar-refractivity contribution in [1.29, 1.82) is 0 Å². The SMILES string of the molecule is [CH2][C@H]1CC[C@H](c2nc(I)c3c(Cl)nccn32)CC1. The molecule has 1 aliphatic rings. The van der Waals surface area contributed by atoms with Gasteiger partial charge in [0.25, 0.3) is 0 Å². The van der Waals surface area contributed by atoms with Crippen molar-refractivity contribution in [2.75, 3.05) is 0 Å². The molecule has 0 atom stereocenters. The Morgan fingerprint density at radius 3 is 2.78 bits per heavy atom. The minimum absolute atomic E-state index is 0.525. The zero-order valence-electron chi connectivity index (χ0n) is 9.94. The highest BCUT2D eigenvalue weighted by Crippen LogP contribution is 2.36. The quantitative estimate of drug-likeness (QED) is 0.704. The lowest BCUT2D eigenvalue weighted by Crippen LogP contribution is -2.13. The van der Waals surface area contributed by atoms with E-state index in [0.29, 0.717) is 17.0 Å². The lowest BCUT2D eigenvalue weighted by Gasteiger charge is -2.25. The summed E-state index contributed by atoms with van der Waals surface area (Å²) in [7, 11) is 0. The van der Waals surface area contributed by atoms with Crippen molar-refractivity contribution in [3.8, 4) is 0 Å². The van der Waals surface area contributed by atoms with Gasteiger partial charge in [-0.05, 0) is 54.2 Å². The monoisotopic (exact) mass is 374 g/mol. The third-order valence-corrected chi connectivity index (χ3v) is 4.74. The minimum atomic E-state index is 0.525. The summed E-state index contributed by atoms with van der Waals surface area (Å²) in [6.07, 6.45) is 8.42. The van der Waals surface area contributed by atoms with E-state index in [9.17, 15) is 0 Å². The summed E-state index contributed by atoms with van der Waals surface area (Å²) in [5.41, 5.74) is 0.937. The van der Waals surface area contributed by atoms with E-state index in [2.05, 4.69) is 38.9 Å². The molecule has 5 heteroatoms. The van der Waals surface area contributed by atoms with E-state index in [4.69, 9.17) is 16.6 Å². The molecule has 3 nitrogen and oxygen atoms in total. The van der Waals surface area contributed by atoms with Crippen LogP contribution in [0.1, 0.15) is 37.4 Å². The Morgan fingerprint density at radius 1 is 1.33 bits per heavy atom. The molecule has 0 aromatic carbocycles. The Kier molecular flexibility index (Phi) is 3.49. The second kappa shape index (κ2) is 4.96. The van der Waals surface area contributed by atoms with Crippen LogP contribution in [0.25, 0.3) is 5.52 Å². The molecule has 0 bridgehead atoms. The summed E-state index contributed by atoms with van der Waals surface area (Å²) >= 11 is 8.39. The fourth-order valence-corrected chi connectivity index (χ4v) is 3.85. The van der Waals surface area contributed by atoms with Crippen LogP contribution in [0.4, 0.5) is 0 Å². The molecule has 1 radical (unpaired) electrons. The van der Waals surface area contributed by atoms with Crippen LogP contribution in [0.2, 0.25) is 5.15 Å². The number of hydrogen-bond acceptors (Lipinski definition) is 2. The van der Waals surface area contributed by atoms with Crippen molar-refractivity contribution in [1.82, 2.24) is 14.4 Å². The van der Waals surface area contributed by atoms with Gasteiger partial charge in [-0.2, -0.15) is 0 Å². The first-order valence-corrected chi connectivity index (χ1v) is 7.63. The minimum Gasteiger partial charge on any atom is -0.298 e. The molecule has 0 aliphatic heterocycles. The maximum Gasteiger partial charge on any atom is 0.155 e. The van der Waals surface area contributed by atoms with Crippen LogP contribution < -0.4 is 0 Å². The molecule has 0 N–H and O–H groups in total. The van der Waals surface area contributed by atoms with Crippen LogP contribution in [0.3, 0.4) is 0 Å². The van der Waals surface area contributed by atoms with E-state index in [1.165, 1.54) is 25.7 Å². The number of halogens is 2. The maximum absolute atomic E-state index is 6.15. The molecule has 2 aromatic rings. The van der Waals surface area contributed by atoms with Gasteiger partial charge in [0.15, 0.2) is 5.15 Å². The first-order valence-electron chi connectivity index (χ1n) is 6.18. The zero-order valence-corrected chi connectivity index (χ0v) is 12.9. The Morgan fingerprint density at radius 2 is 2.06 bits per heavy atom. The average molecular weight is 375 g/mol. The molecule has 1 aliphatic carbocycles. The van der Waals surface area contributed by atoms with Gasteiger partial charge in [0.1, 0.15) is 15.0 Å². The highest BCUT2D eigenvalue weighted by Gasteiger charge is 2.25. The highest BCUT2D eigenvalue weighted by atomic mass is 127. The molecule has 0 spiro atoms. The first-order chi connectivity index (χ1) is 8.66. The summed E-state index contributed by atoms with van der Waals surface area (Å²) in [4.78, 5) is 8.83. The van der Waals surface area contributed by atoms with E-state index in [-0.39, 0.29) is 0 Å². The van der Waals surface area contributed by atoms with Gasteiger partial charge in [0.2, 0.25) is 0 Å². The van der Waals surface area contributed by atoms with E-state index >= 15 is 0 Å². The van der Waals surface area contributed by atoms with Gasteiger partial charge in [0, 0.05) is 18.3 Å². The van der Waals surface area contributed by atoms with Gasteiger partial charge in [-0.15, -0.1) is 0 Å². The van der Waals surface area contributed by atoms with Crippen LogP contribution in [0, 0.1) is 16.5 Å². The van der Waals surface area contributed by atoms with Crippen LogP contribution in [-0.2, 0) is 0 Å². The van der Waals surface area contributed by atoms with Crippen molar-refractivity contribution < 1.29 is 0 Å². The van der Waals surface area contributed by atoms with Crippen LogP contribution >= 0.6 is 34.2 Å². The van der Waals surface area contributed by atoms with Crippen molar-refractivity contribution in [3.63, 3.8) is 0 Å². The van der Waals surface area contributed by atoms with Gasteiger partial charge < -0.3 is 0 Å². The van der Waals surface area contributed by atoms with E-state index < -0.39 is 0 Å². The number of imidazole rings is 1. The van der Waals surface area contributed by atoms with Gasteiger partial charge in [-0.3, -0.25) is 4.40 Å². The summed E-state index contributed by atoms with van der Waals surface area (Å²) in [6.45, 7) is 4.15. The third kappa shape index (κ3) is 2.13. The lowest BCUT2D eigenvalue weighted by molar-refractivity contribution is 0.363. The van der Waals surface area contributed by atoms with Crippen LogP contribution in [0.5, 0.6) is 0 Å².